The number of carboxylic acid groups (broad SMARTS) is 1. The van der Waals surface area contributed by atoms with E-state index in [1.165, 1.54) is 0 Å². The van der Waals surface area contributed by atoms with Crippen molar-refractivity contribution in [2.24, 2.45) is 5.92 Å². The number of carbonyl (C=O) groups excluding carboxylic acids is 1. The van der Waals surface area contributed by atoms with Crippen molar-refractivity contribution in [2.75, 3.05) is 11.9 Å². The highest BCUT2D eigenvalue weighted by Crippen LogP contribution is 2.24. The number of nitrogens with zero attached hydrogens (tertiary/aromatic N) is 1. The van der Waals surface area contributed by atoms with Gasteiger partial charge in [0.2, 0.25) is 5.91 Å². The lowest BCUT2D eigenvalue weighted by molar-refractivity contribution is -0.143. The van der Waals surface area contributed by atoms with Crippen LogP contribution in [0.15, 0.2) is 0 Å². The number of amides is 1. The van der Waals surface area contributed by atoms with Crippen LogP contribution in [-0.4, -0.2) is 39.8 Å². The highest BCUT2D eigenvalue weighted by molar-refractivity contribution is 5.93. The molecule has 2 atom stereocenters. The number of anilines is 1. The topological polar surface area (TPSA) is 107 Å². The molecule has 7 nitrogen and oxygen atoms in total. The van der Waals surface area contributed by atoms with Gasteiger partial charge in [-0.25, -0.2) is 0 Å². The summed E-state index contributed by atoms with van der Waals surface area (Å²) >= 11 is 0. The van der Waals surface area contributed by atoms with Gasteiger partial charge >= 0.3 is 5.97 Å². The van der Waals surface area contributed by atoms with Gasteiger partial charge in [-0.2, -0.15) is 5.10 Å². The molecule has 21 heavy (non-hydrogen) atoms. The molecule has 0 saturated heterocycles. The van der Waals surface area contributed by atoms with Crippen LogP contribution in [0.1, 0.15) is 37.1 Å². The zero-order valence-corrected chi connectivity index (χ0v) is 12.4. The van der Waals surface area contributed by atoms with E-state index >= 15 is 0 Å². The molecule has 1 fully saturated rings. The first kappa shape index (κ1) is 15.5. The number of hydrogen-bond donors (Lipinski definition) is 4. The van der Waals surface area contributed by atoms with Crippen molar-refractivity contribution in [3.8, 4) is 0 Å². The Hall–Kier alpha value is -1.89. The summed E-state index contributed by atoms with van der Waals surface area (Å²) in [6.07, 6.45) is 3.12. The summed E-state index contributed by atoms with van der Waals surface area (Å²) in [7, 11) is 0. The molecule has 1 saturated carbocycles. The summed E-state index contributed by atoms with van der Waals surface area (Å²) in [5.74, 6) is -1.17. The molecule has 0 radical (unpaired) electrons. The quantitative estimate of drug-likeness (QED) is 0.652. The van der Waals surface area contributed by atoms with Gasteiger partial charge in [0.15, 0.2) is 0 Å². The van der Waals surface area contributed by atoms with Crippen LogP contribution in [0.3, 0.4) is 0 Å². The van der Waals surface area contributed by atoms with Gasteiger partial charge in [0.25, 0.3) is 0 Å². The molecule has 1 aromatic rings. The predicted octanol–water partition coefficient (Wildman–Crippen LogP) is 1.20. The fraction of sp³-hybridized carbons (Fsp3) is 0.643. The first-order chi connectivity index (χ1) is 9.97. The molecule has 0 aliphatic heterocycles. The average Bonchev–Trinajstić information content (AvgIpc) is 2.77. The van der Waals surface area contributed by atoms with Gasteiger partial charge < -0.3 is 15.7 Å². The summed E-state index contributed by atoms with van der Waals surface area (Å²) in [6, 6.07) is 0.0946. The summed E-state index contributed by atoms with van der Waals surface area (Å²) < 4.78 is 0. The maximum atomic E-state index is 11.9. The van der Waals surface area contributed by atoms with Crippen LogP contribution in [0.25, 0.3) is 0 Å². The summed E-state index contributed by atoms with van der Waals surface area (Å²) in [6.45, 7) is 3.85. The number of aromatic amines is 1. The van der Waals surface area contributed by atoms with Crippen molar-refractivity contribution in [1.82, 2.24) is 15.5 Å². The Balaban J connectivity index is 1.80. The molecule has 0 aromatic carbocycles. The third kappa shape index (κ3) is 4.04. The molecule has 1 amide bonds. The Morgan fingerprint density at radius 1 is 1.38 bits per heavy atom. The number of carbonyl (C=O) groups is 2. The zero-order valence-electron chi connectivity index (χ0n) is 12.4. The third-order valence-electron chi connectivity index (χ3n) is 3.97. The minimum atomic E-state index is -0.740. The Morgan fingerprint density at radius 3 is 2.76 bits per heavy atom. The first-order valence-electron chi connectivity index (χ1n) is 7.25. The minimum Gasteiger partial charge on any atom is -0.481 e. The number of hydrogen-bond acceptors (Lipinski definition) is 4. The second-order valence-electron chi connectivity index (χ2n) is 5.64. The molecule has 2 unspecified atom stereocenters. The number of aliphatic carboxylic acids is 1. The molecular weight excluding hydrogens is 272 g/mol. The smallest absolute Gasteiger partial charge is 0.306 e. The molecule has 0 bridgehead atoms. The average molecular weight is 294 g/mol. The Bertz CT molecular complexity index is 507. The number of H-pyrrole nitrogens is 1. The van der Waals surface area contributed by atoms with Gasteiger partial charge in [-0.3, -0.25) is 14.7 Å². The molecule has 7 heteroatoms. The van der Waals surface area contributed by atoms with Crippen molar-refractivity contribution in [3.63, 3.8) is 0 Å². The van der Waals surface area contributed by atoms with Crippen LogP contribution in [0.4, 0.5) is 5.69 Å². The maximum Gasteiger partial charge on any atom is 0.306 e. The highest BCUT2D eigenvalue weighted by atomic mass is 16.4. The molecule has 1 heterocycles. The summed E-state index contributed by atoms with van der Waals surface area (Å²) in [5.41, 5.74) is 2.29. The summed E-state index contributed by atoms with van der Waals surface area (Å²) in [5, 5.41) is 21.9. The van der Waals surface area contributed by atoms with Crippen LogP contribution >= 0.6 is 0 Å². The molecule has 1 aromatic heterocycles. The van der Waals surface area contributed by atoms with Gasteiger partial charge in [0.05, 0.1) is 29.5 Å². The fourth-order valence-electron chi connectivity index (χ4n) is 2.76. The van der Waals surface area contributed by atoms with Crippen molar-refractivity contribution in [1.29, 1.82) is 0 Å². The van der Waals surface area contributed by atoms with Crippen LogP contribution < -0.4 is 10.6 Å². The number of aromatic nitrogens is 2. The van der Waals surface area contributed by atoms with Gasteiger partial charge in [-0.15, -0.1) is 0 Å². The van der Waals surface area contributed by atoms with E-state index in [4.69, 9.17) is 5.11 Å². The van der Waals surface area contributed by atoms with E-state index < -0.39 is 5.97 Å². The number of carboxylic acids is 1. The molecule has 116 valence electrons. The highest BCUT2D eigenvalue weighted by Gasteiger charge is 2.26. The van der Waals surface area contributed by atoms with Gasteiger partial charge in [0.1, 0.15) is 0 Å². The van der Waals surface area contributed by atoms with E-state index in [0.29, 0.717) is 12.1 Å². The minimum absolute atomic E-state index is 0.0946. The van der Waals surface area contributed by atoms with Crippen LogP contribution in [0.5, 0.6) is 0 Å². The maximum absolute atomic E-state index is 11.9. The van der Waals surface area contributed by atoms with E-state index in [9.17, 15) is 9.59 Å². The lowest BCUT2D eigenvalue weighted by Crippen LogP contribution is -2.40. The van der Waals surface area contributed by atoms with E-state index in [-0.39, 0.29) is 24.4 Å². The number of nitrogens with one attached hydrogen (secondary N) is 3. The number of aryl methyl sites for hydroxylation is 2. The molecule has 2 rings (SSSR count). The zero-order chi connectivity index (χ0) is 15.4. The second kappa shape index (κ2) is 6.71. The predicted molar refractivity (Wildman–Crippen MR) is 78.1 cm³/mol. The molecule has 1 aliphatic carbocycles. The SMILES string of the molecule is Cc1n[nH]c(C)c1NC(=O)CNC1CCCC(C(=O)O)C1. The summed E-state index contributed by atoms with van der Waals surface area (Å²) in [4.78, 5) is 22.9. The van der Waals surface area contributed by atoms with E-state index in [2.05, 4.69) is 20.8 Å². The Kier molecular flexibility index (Phi) is 4.95. The second-order valence-corrected chi connectivity index (χ2v) is 5.64. The van der Waals surface area contributed by atoms with E-state index in [1.807, 2.05) is 13.8 Å². The fourth-order valence-corrected chi connectivity index (χ4v) is 2.76. The van der Waals surface area contributed by atoms with Crippen LogP contribution in [0.2, 0.25) is 0 Å². The Labute approximate surface area is 123 Å². The van der Waals surface area contributed by atoms with Crippen LogP contribution in [-0.2, 0) is 9.59 Å². The Morgan fingerprint density at radius 2 is 2.14 bits per heavy atom. The lowest BCUT2D eigenvalue weighted by atomic mass is 9.86. The molecular formula is C14H22N4O3. The van der Waals surface area contributed by atoms with Crippen LogP contribution in [0, 0.1) is 19.8 Å². The van der Waals surface area contributed by atoms with Gasteiger partial charge in [0, 0.05) is 6.04 Å². The standard InChI is InChI=1S/C14H22N4O3/c1-8-13(9(2)18-17-8)16-12(19)7-15-11-5-3-4-10(6-11)14(20)21/h10-11,15H,3-7H2,1-2H3,(H,16,19)(H,17,18)(H,20,21). The van der Waals surface area contributed by atoms with Crippen molar-refractivity contribution < 1.29 is 14.7 Å². The van der Waals surface area contributed by atoms with Gasteiger partial charge in [-0.05, 0) is 33.1 Å². The number of rotatable bonds is 5. The molecule has 1 aliphatic rings. The first-order valence-corrected chi connectivity index (χ1v) is 7.25. The molecule has 4 N–H and O–H groups in total. The third-order valence-corrected chi connectivity index (χ3v) is 3.97. The largest absolute Gasteiger partial charge is 0.481 e. The normalized spacial score (nSPS) is 22.0. The van der Waals surface area contributed by atoms with Gasteiger partial charge in [-0.1, -0.05) is 6.42 Å². The van der Waals surface area contributed by atoms with E-state index in [1.54, 1.807) is 0 Å². The van der Waals surface area contributed by atoms with Crippen molar-refractivity contribution >= 4 is 17.6 Å². The molecule has 0 spiro atoms. The lowest BCUT2D eigenvalue weighted by Gasteiger charge is -2.27. The van der Waals surface area contributed by atoms with Crippen molar-refractivity contribution in [2.45, 2.75) is 45.6 Å². The van der Waals surface area contributed by atoms with E-state index in [0.717, 1.165) is 30.7 Å². The van der Waals surface area contributed by atoms with Crippen molar-refractivity contribution in [3.05, 3.63) is 11.4 Å². The monoisotopic (exact) mass is 294 g/mol.